The molecule has 17 heteroatoms. The lowest BCUT2D eigenvalue weighted by molar-refractivity contribution is -0.117. The van der Waals surface area contributed by atoms with Crippen LogP contribution in [0.15, 0.2) is 164 Å². The molecule has 5 aromatic heterocycles. The average Bonchev–Trinajstić information content (AvgIpc) is 3.67. The van der Waals surface area contributed by atoms with E-state index in [2.05, 4.69) is 57.9 Å². The predicted octanol–water partition coefficient (Wildman–Crippen LogP) is 12.1. The summed E-state index contributed by atoms with van der Waals surface area (Å²) in [4.78, 5) is 47.1. The molecule has 356 valence electrons. The largest absolute Gasteiger partial charge is 0.457 e. The van der Waals surface area contributed by atoms with Crippen LogP contribution in [-0.2, 0) is 29.5 Å². The third-order valence-corrected chi connectivity index (χ3v) is 10.5. The van der Waals surface area contributed by atoms with E-state index in [9.17, 15) is 18.4 Å². The van der Waals surface area contributed by atoms with Gasteiger partial charge in [0.15, 0.2) is 0 Å². The van der Waals surface area contributed by atoms with Crippen LogP contribution in [0.4, 0.5) is 37.5 Å². The van der Waals surface area contributed by atoms with E-state index >= 15 is 0 Å². The third-order valence-electron chi connectivity index (χ3n) is 10.4. The smallest absolute Gasteiger partial charge is 0.208 e. The summed E-state index contributed by atoms with van der Waals surface area (Å²) in [6.45, 7) is 3.06. The second kappa shape index (κ2) is 23.8. The van der Waals surface area contributed by atoms with Crippen LogP contribution in [-0.4, -0.2) is 53.3 Å². The molecule has 14 nitrogen and oxygen atoms in total. The van der Waals surface area contributed by atoms with Gasteiger partial charge in [0.25, 0.3) is 0 Å². The van der Waals surface area contributed by atoms with E-state index in [1.54, 1.807) is 91.8 Å². The van der Waals surface area contributed by atoms with Gasteiger partial charge in [0, 0.05) is 88.4 Å². The van der Waals surface area contributed by atoms with Crippen LogP contribution < -0.4 is 25.8 Å². The molecule has 0 aliphatic rings. The van der Waals surface area contributed by atoms with E-state index in [-0.39, 0.29) is 29.5 Å². The maximum Gasteiger partial charge on any atom is 0.208 e. The number of fused-ring (bicyclic) bond motifs is 1. The Bertz CT molecular complexity index is 3370. The van der Waals surface area contributed by atoms with Gasteiger partial charge in [0.05, 0.1) is 44.6 Å². The number of anilines is 4. The predicted molar refractivity (Wildman–Crippen MR) is 276 cm³/mol. The summed E-state index contributed by atoms with van der Waals surface area (Å²) >= 11 is 4.46. The number of benzene rings is 4. The van der Waals surface area contributed by atoms with Crippen molar-refractivity contribution in [1.82, 2.24) is 29.5 Å². The summed E-state index contributed by atoms with van der Waals surface area (Å²) in [6, 6.07) is 35.0. The highest BCUT2D eigenvalue weighted by atomic mass is 32.1. The van der Waals surface area contributed by atoms with E-state index < -0.39 is 5.82 Å². The molecule has 0 amide bonds. The molecule has 5 heterocycles. The van der Waals surface area contributed by atoms with Crippen molar-refractivity contribution in [3.8, 4) is 45.3 Å². The number of aromatic nitrogens is 6. The first-order valence-corrected chi connectivity index (χ1v) is 22.3. The summed E-state index contributed by atoms with van der Waals surface area (Å²) in [6.07, 6.45) is 10.6. The number of nitrogens with one attached hydrogen (secondary N) is 2. The molecule has 0 fully saturated rings. The highest BCUT2D eigenvalue weighted by Gasteiger charge is 2.14. The van der Waals surface area contributed by atoms with E-state index in [1.165, 1.54) is 26.0 Å². The lowest BCUT2D eigenvalue weighted by Crippen LogP contribution is -2.01. The Morgan fingerprint density at radius 3 is 1.73 bits per heavy atom. The molecular weight excluding hydrogens is 923 g/mol. The lowest BCUT2D eigenvalue weighted by atomic mass is 10.1. The molecule has 0 radical (unpaired) electrons. The van der Waals surface area contributed by atoms with E-state index in [0.717, 1.165) is 33.5 Å². The number of aryl methyl sites for hydroxylation is 1. The normalized spacial score (nSPS) is 10.4. The van der Waals surface area contributed by atoms with Gasteiger partial charge in [-0.25, -0.2) is 13.8 Å². The molecule has 9 rings (SSSR count). The molecule has 4 aromatic carbocycles. The third kappa shape index (κ3) is 13.8. The van der Waals surface area contributed by atoms with Crippen molar-refractivity contribution in [1.29, 1.82) is 0 Å². The number of hydrogen-bond donors (Lipinski definition) is 3. The fourth-order valence-corrected chi connectivity index (χ4v) is 7.14. The zero-order valence-electron chi connectivity index (χ0n) is 38.9. The number of isothiocyanates is 1. The van der Waals surface area contributed by atoms with Gasteiger partial charge in [-0.15, -0.1) is 0 Å². The molecule has 0 aliphatic heterocycles. The first kappa shape index (κ1) is 49.8. The van der Waals surface area contributed by atoms with Crippen LogP contribution in [0.25, 0.3) is 33.3 Å². The number of thiocarbonyl (C=S) groups is 1. The molecule has 9 aromatic rings. The number of aliphatic imine (C=N–C) groups is 1. The number of halogens is 2. The van der Waals surface area contributed by atoms with Crippen LogP contribution in [0.5, 0.6) is 23.0 Å². The van der Waals surface area contributed by atoms with E-state index in [1.807, 2.05) is 73.3 Å². The highest BCUT2D eigenvalue weighted by molar-refractivity contribution is 7.78. The number of imidazole rings is 1. The van der Waals surface area contributed by atoms with Crippen LogP contribution in [0.3, 0.4) is 0 Å². The van der Waals surface area contributed by atoms with Crippen LogP contribution in [0, 0.1) is 11.6 Å². The van der Waals surface area contributed by atoms with Gasteiger partial charge in [-0.3, -0.25) is 29.5 Å². The minimum absolute atomic E-state index is 0.0346. The number of Topliss-reactive ketones (excluding diaryl/α,β-unsaturated/α-hetero) is 2. The second-order valence-electron chi connectivity index (χ2n) is 15.7. The van der Waals surface area contributed by atoms with Gasteiger partial charge in [-0.05, 0) is 133 Å². The quantitative estimate of drug-likeness (QED) is 0.0532. The van der Waals surface area contributed by atoms with Crippen LogP contribution >= 0.6 is 12.2 Å². The van der Waals surface area contributed by atoms with Gasteiger partial charge in [-0.2, -0.15) is 4.99 Å². The molecule has 0 aliphatic carbocycles. The van der Waals surface area contributed by atoms with Crippen molar-refractivity contribution >= 4 is 68.7 Å². The van der Waals surface area contributed by atoms with Crippen LogP contribution in [0.1, 0.15) is 25.2 Å². The summed E-state index contributed by atoms with van der Waals surface area (Å²) in [5.74, 6) is 2.26. The Balaban J connectivity index is 0.000000174. The van der Waals surface area contributed by atoms with E-state index in [0.29, 0.717) is 63.6 Å². The lowest BCUT2D eigenvalue weighted by Gasteiger charge is -2.10. The number of nitrogens with zero attached hydrogens (tertiary/aromatic N) is 7. The minimum atomic E-state index is -0.407. The second-order valence-corrected chi connectivity index (χ2v) is 15.9. The molecule has 0 saturated heterocycles. The topological polar surface area (TPSA) is 184 Å². The number of nitrogens with two attached hydrogens (primary N) is 1. The van der Waals surface area contributed by atoms with Crippen molar-refractivity contribution in [3.05, 3.63) is 182 Å². The average molecular weight is 969 g/mol. The Hall–Kier alpha value is -9.05. The molecule has 0 atom stereocenters. The van der Waals surface area contributed by atoms with Crippen molar-refractivity contribution in [2.24, 2.45) is 12.0 Å². The SMILES string of the molecule is CC(=O)Cc1cc(Oc2ccc3c(c2)nc(Nc2cc(-c4ccncc4)ccc2F)n3C)ccn1.CNc1ccc(Oc2ccnc(CC(C)=O)c2)cc1N.Fc1ccc(-c2ccncc2)cc1N=C=S. The zero-order chi connectivity index (χ0) is 50.3. The maximum atomic E-state index is 14.6. The Morgan fingerprint density at radius 1 is 0.648 bits per heavy atom. The number of carbonyl (C=O) groups is 2. The molecular formula is C54H46F2N10O4S. The number of pyridine rings is 4. The fraction of sp³-hybridized carbons (Fsp3) is 0.111. The van der Waals surface area contributed by atoms with Gasteiger partial charge in [0.2, 0.25) is 5.95 Å². The molecule has 71 heavy (non-hydrogen) atoms. The number of ketones is 2. The zero-order valence-corrected chi connectivity index (χ0v) is 39.7. The van der Waals surface area contributed by atoms with Crippen molar-refractivity contribution < 1.29 is 27.8 Å². The summed E-state index contributed by atoms with van der Waals surface area (Å²) in [7, 11) is 3.67. The Kier molecular flexibility index (Phi) is 16.7. The fourth-order valence-electron chi connectivity index (χ4n) is 7.04. The number of nitrogen functional groups attached to an aromatic ring is 1. The van der Waals surface area contributed by atoms with Gasteiger partial charge >= 0.3 is 0 Å². The molecule has 0 saturated carbocycles. The van der Waals surface area contributed by atoms with Crippen LogP contribution in [0.2, 0.25) is 0 Å². The summed E-state index contributed by atoms with van der Waals surface area (Å²) in [5.41, 5.74) is 14.4. The number of carbonyl (C=O) groups excluding carboxylic acids is 2. The molecule has 4 N–H and O–H groups in total. The first-order chi connectivity index (χ1) is 34.3. The van der Waals surface area contributed by atoms with Gasteiger partial charge in [0.1, 0.15) is 51.9 Å². The van der Waals surface area contributed by atoms with Crippen molar-refractivity contribution in [2.75, 3.05) is 23.4 Å². The summed E-state index contributed by atoms with van der Waals surface area (Å²) < 4.78 is 41.5. The minimum Gasteiger partial charge on any atom is -0.457 e. The molecule has 0 unspecified atom stereocenters. The number of rotatable bonds is 14. The van der Waals surface area contributed by atoms with Crippen molar-refractivity contribution in [3.63, 3.8) is 0 Å². The first-order valence-electron chi connectivity index (χ1n) is 21.9. The van der Waals surface area contributed by atoms with E-state index in [4.69, 9.17) is 15.2 Å². The van der Waals surface area contributed by atoms with Crippen molar-refractivity contribution in [2.45, 2.75) is 26.7 Å². The number of hydrogen-bond acceptors (Lipinski definition) is 14. The maximum absolute atomic E-state index is 14.6. The standard InChI is InChI=1S/C27H22FN5O2.C15H17N3O2.C12H7FN2S/c1-17(34)13-20-15-22(9-12-30-20)35-21-4-6-26-25(16-21)32-27(33(26)2)31-24-14-19(3-5-23(24)28)18-7-10-29-11-8-18;1-10(19)7-11-8-13(5-6-18-11)20-12-3-4-15(17-2)14(16)9-12;13-11-2-1-10(7-12(11)15-8-16)9-3-5-14-6-4-9/h3-12,14-16H,13H2,1-2H3,(H,31,32);3-6,8-9,17H,7,16H2,1-2H3;1-7H. The number of ether oxygens (including phenoxy) is 2. The Labute approximate surface area is 413 Å². The molecule has 0 bridgehead atoms. The Morgan fingerprint density at radius 2 is 1.18 bits per heavy atom. The van der Waals surface area contributed by atoms with Gasteiger partial charge < -0.3 is 30.4 Å². The monoisotopic (exact) mass is 968 g/mol. The summed E-state index contributed by atoms with van der Waals surface area (Å²) in [5, 5.41) is 8.26. The highest BCUT2D eigenvalue weighted by Crippen LogP contribution is 2.32. The molecule has 0 spiro atoms. The van der Waals surface area contributed by atoms with Gasteiger partial charge in [-0.1, -0.05) is 12.1 Å².